The van der Waals surface area contributed by atoms with Crippen LogP contribution in [0.25, 0.3) is 0 Å². The molecule has 0 amide bonds. The molecule has 0 aliphatic heterocycles. The highest BCUT2D eigenvalue weighted by atomic mass is 35.7. The lowest BCUT2D eigenvalue weighted by molar-refractivity contribution is -0.0188. The predicted molar refractivity (Wildman–Crippen MR) is 79.1 cm³/mol. The van der Waals surface area contributed by atoms with Crippen LogP contribution in [0.2, 0.25) is 0 Å². The van der Waals surface area contributed by atoms with Gasteiger partial charge in [0.25, 0.3) is 0 Å². The molecule has 6 heteroatoms. The molecule has 0 aromatic carbocycles. The molecular weight excluding hydrogens is 288 g/mol. The summed E-state index contributed by atoms with van der Waals surface area (Å²) in [5.41, 5.74) is -0.394. The van der Waals surface area contributed by atoms with Crippen LogP contribution in [0, 0.1) is 11.3 Å². The lowest BCUT2D eigenvalue weighted by atomic mass is 9.82. The van der Waals surface area contributed by atoms with Crippen LogP contribution in [0.5, 0.6) is 0 Å². The highest BCUT2D eigenvalue weighted by molar-refractivity contribution is 8.13. The van der Waals surface area contributed by atoms with E-state index in [1.54, 1.807) is 7.11 Å². The summed E-state index contributed by atoms with van der Waals surface area (Å²) in [5.74, 6) is -0.188. The van der Waals surface area contributed by atoms with Crippen molar-refractivity contribution in [2.45, 2.75) is 46.6 Å². The molecule has 116 valence electrons. The van der Waals surface area contributed by atoms with E-state index in [-0.39, 0.29) is 22.7 Å². The van der Waals surface area contributed by atoms with E-state index in [0.29, 0.717) is 13.2 Å². The largest absolute Gasteiger partial charge is 0.381 e. The van der Waals surface area contributed by atoms with Gasteiger partial charge in [-0.05, 0) is 25.7 Å². The average molecular weight is 315 g/mol. The minimum absolute atomic E-state index is 0.0638. The van der Waals surface area contributed by atoms with Crippen LogP contribution in [0.4, 0.5) is 0 Å². The van der Waals surface area contributed by atoms with Crippen LogP contribution in [0.3, 0.4) is 0 Å². The third kappa shape index (κ3) is 9.66. The van der Waals surface area contributed by atoms with Gasteiger partial charge in [0.2, 0.25) is 9.05 Å². The molecular formula is C13H27ClO4S. The first-order chi connectivity index (χ1) is 8.37. The van der Waals surface area contributed by atoms with Crippen LogP contribution in [-0.2, 0) is 18.5 Å². The second kappa shape index (κ2) is 7.25. The predicted octanol–water partition coefficient (Wildman–Crippen LogP) is 3.05. The van der Waals surface area contributed by atoms with Gasteiger partial charge in [-0.1, -0.05) is 20.8 Å². The van der Waals surface area contributed by atoms with E-state index in [0.717, 1.165) is 6.42 Å². The monoisotopic (exact) mass is 314 g/mol. The van der Waals surface area contributed by atoms with Crippen LogP contribution in [0.15, 0.2) is 0 Å². The van der Waals surface area contributed by atoms with E-state index >= 15 is 0 Å². The zero-order valence-corrected chi connectivity index (χ0v) is 14.4. The molecule has 0 aliphatic rings. The van der Waals surface area contributed by atoms with Gasteiger partial charge in [0.05, 0.1) is 18.0 Å². The second-order valence-electron chi connectivity index (χ2n) is 6.56. The lowest BCUT2D eigenvalue weighted by Gasteiger charge is -2.30. The van der Waals surface area contributed by atoms with Gasteiger partial charge in [-0.25, -0.2) is 8.42 Å². The van der Waals surface area contributed by atoms with E-state index in [4.69, 9.17) is 20.2 Å². The van der Waals surface area contributed by atoms with Gasteiger partial charge in [-0.3, -0.25) is 0 Å². The van der Waals surface area contributed by atoms with Gasteiger partial charge in [0, 0.05) is 30.3 Å². The Morgan fingerprint density at radius 2 is 1.68 bits per heavy atom. The number of ether oxygens (including phenoxy) is 2. The highest BCUT2D eigenvalue weighted by Gasteiger charge is 2.29. The van der Waals surface area contributed by atoms with Gasteiger partial charge in [0.1, 0.15) is 0 Å². The molecule has 0 rings (SSSR count). The van der Waals surface area contributed by atoms with Crippen LogP contribution in [0.1, 0.15) is 41.0 Å². The van der Waals surface area contributed by atoms with Gasteiger partial charge in [-0.2, -0.15) is 0 Å². The zero-order valence-electron chi connectivity index (χ0n) is 12.8. The van der Waals surface area contributed by atoms with Gasteiger partial charge in [0.15, 0.2) is 0 Å². The summed E-state index contributed by atoms with van der Waals surface area (Å²) >= 11 is 0. The Balaban J connectivity index is 4.30. The lowest BCUT2D eigenvalue weighted by Crippen LogP contribution is -2.32. The fraction of sp³-hybridized carbons (Fsp3) is 1.00. The number of halogens is 1. The summed E-state index contributed by atoms with van der Waals surface area (Å²) in [5, 5.41) is 0. The Kier molecular flexibility index (Phi) is 7.31. The summed E-state index contributed by atoms with van der Waals surface area (Å²) in [6.45, 7) is 10.9. The standard InChI is InChI=1S/C13H27ClO4S/c1-12(2,3)11(10-19(14,15)16)9-18-8-7-13(4,5)17-6/h11H,7-10H2,1-6H3. The van der Waals surface area contributed by atoms with Crippen molar-refractivity contribution in [2.24, 2.45) is 11.3 Å². The summed E-state index contributed by atoms with van der Waals surface area (Å²) in [4.78, 5) is 0. The maximum Gasteiger partial charge on any atom is 0.232 e. The molecule has 19 heavy (non-hydrogen) atoms. The molecule has 1 atom stereocenters. The van der Waals surface area contributed by atoms with Gasteiger partial charge in [-0.15, -0.1) is 0 Å². The maximum atomic E-state index is 11.2. The maximum absolute atomic E-state index is 11.2. The topological polar surface area (TPSA) is 52.6 Å². The van der Waals surface area contributed by atoms with Crippen molar-refractivity contribution < 1.29 is 17.9 Å². The van der Waals surface area contributed by atoms with E-state index in [1.807, 2.05) is 34.6 Å². The Morgan fingerprint density at radius 1 is 1.16 bits per heavy atom. The number of hydrogen-bond donors (Lipinski definition) is 0. The molecule has 0 aromatic rings. The fourth-order valence-corrected chi connectivity index (χ4v) is 2.97. The zero-order chi connectivity index (χ0) is 15.3. The summed E-state index contributed by atoms with van der Waals surface area (Å²) in [6.07, 6.45) is 0.758. The summed E-state index contributed by atoms with van der Waals surface area (Å²) in [7, 11) is 3.49. The third-order valence-electron chi connectivity index (χ3n) is 3.35. The minimum atomic E-state index is -3.51. The number of rotatable bonds is 8. The summed E-state index contributed by atoms with van der Waals surface area (Å²) < 4.78 is 33.3. The number of methoxy groups -OCH3 is 1. The third-order valence-corrected chi connectivity index (χ3v) is 4.52. The van der Waals surface area contributed by atoms with Crippen LogP contribution >= 0.6 is 10.7 Å². The molecule has 0 bridgehead atoms. The van der Waals surface area contributed by atoms with Crippen molar-refractivity contribution in [3.8, 4) is 0 Å². The van der Waals surface area contributed by atoms with Gasteiger partial charge < -0.3 is 9.47 Å². The molecule has 1 unspecified atom stereocenters. The van der Waals surface area contributed by atoms with Crippen molar-refractivity contribution in [2.75, 3.05) is 26.1 Å². The Bertz CT molecular complexity index is 357. The van der Waals surface area contributed by atoms with E-state index in [1.165, 1.54) is 0 Å². The van der Waals surface area contributed by atoms with Crippen molar-refractivity contribution >= 4 is 19.7 Å². The van der Waals surface area contributed by atoms with E-state index in [2.05, 4.69) is 0 Å². The fourth-order valence-electron chi connectivity index (χ4n) is 1.43. The minimum Gasteiger partial charge on any atom is -0.381 e. The summed E-state index contributed by atoms with van der Waals surface area (Å²) in [6, 6.07) is 0. The molecule has 0 aromatic heterocycles. The van der Waals surface area contributed by atoms with E-state index in [9.17, 15) is 8.42 Å². The Hall–Kier alpha value is 0.160. The first-order valence-electron chi connectivity index (χ1n) is 6.42. The molecule has 0 spiro atoms. The molecule has 0 saturated carbocycles. The van der Waals surface area contributed by atoms with E-state index < -0.39 is 9.05 Å². The Labute approximate surface area is 122 Å². The normalized spacial score (nSPS) is 15.5. The van der Waals surface area contributed by atoms with Crippen LogP contribution < -0.4 is 0 Å². The first kappa shape index (κ1) is 19.2. The van der Waals surface area contributed by atoms with Crippen molar-refractivity contribution in [1.29, 1.82) is 0 Å². The smallest absolute Gasteiger partial charge is 0.232 e. The molecule has 0 heterocycles. The SMILES string of the molecule is COC(C)(C)CCOCC(CS(=O)(=O)Cl)C(C)(C)C. The van der Waals surface area contributed by atoms with Gasteiger partial charge >= 0.3 is 0 Å². The van der Waals surface area contributed by atoms with Crippen molar-refractivity contribution in [3.05, 3.63) is 0 Å². The number of hydrogen-bond acceptors (Lipinski definition) is 4. The van der Waals surface area contributed by atoms with Crippen molar-refractivity contribution in [3.63, 3.8) is 0 Å². The average Bonchev–Trinajstić information content (AvgIpc) is 2.19. The highest BCUT2D eigenvalue weighted by Crippen LogP contribution is 2.28. The second-order valence-corrected chi connectivity index (χ2v) is 9.38. The first-order valence-corrected chi connectivity index (χ1v) is 8.90. The molecule has 0 fully saturated rings. The van der Waals surface area contributed by atoms with Crippen molar-refractivity contribution in [1.82, 2.24) is 0 Å². The molecule has 0 N–H and O–H groups in total. The molecule has 0 saturated heterocycles. The Morgan fingerprint density at radius 3 is 2.05 bits per heavy atom. The van der Waals surface area contributed by atoms with Crippen LogP contribution in [-0.4, -0.2) is 40.1 Å². The quantitative estimate of drug-likeness (QED) is 0.510. The molecule has 0 aliphatic carbocycles. The molecule has 0 radical (unpaired) electrons. The molecule has 4 nitrogen and oxygen atoms in total.